The van der Waals surface area contributed by atoms with Gasteiger partial charge in [0, 0.05) is 19.1 Å². The maximum absolute atomic E-state index is 14.3. The summed E-state index contributed by atoms with van der Waals surface area (Å²) in [6, 6.07) is 14.4. The molecule has 0 radical (unpaired) electrons. The molecular formula is C17H21FN2O. The second-order valence-electron chi connectivity index (χ2n) is 5.10. The zero-order valence-electron chi connectivity index (χ0n) is 12.2. The lowest BCUT2D eigenvalue weighted by Gasteiger charge is -2.28. The number of aliphatic hydroxyl groups is 1. The monoisotopic (exact) mass is 288 g/mol. The zero-order chi connectivity index (χ0) is 15.2. The second-order valence-corrected chi connectivity index (χ2v) is 5.10. The highest BCUT2D eigenvalue weighted by Crippen LogP contribution is 2.29. The summed E-state index contributed by atoms with van der Waals surface area (Å²) in [7, 11) is 0. The SMILES string of the molecule is C[C@@H](N)c1cccc(F)c1N(CCO)Cc1ccccc1. The average molecular weight is 288 g/mol. The predicted octanol–water partition coefficient (Wildman–Crippen LogP) is 2.84. The first kappa shape index (κ1) is 15.5. The minimum atomic E-state index is -0.311. The molecule has 21 heavy (non-hydrogen) atoms. The Labute approximate surface area is 124 Å². The van der Waals surface area contributed by atoms with E-state index >= 15 is 0 Å². The fourth-order valence-electron chi connectivity index (χ4n) is 2.43. The third kappa shape index (κ3) is 3.80. The maximum Gasteiger partial charge on any atom is 0.146 e. The molecule has 2 rings (SSSR count). The largest absolute Gasteiger partial charge is 0.395 e. The highest BCUT2D eigenvalue weighted by Gasteiger charge is 2.18. The molecule has 4 heteroatoms. The van der Waals surface area contributed by atoms with Crippen LogP contribution in [0.2, 0.25) is 0 Å². The molecule has 3 N–H and O–H groups in total. The number of rotatable bonds is 6. The molecule has 0 aliphatic heterocycles. The summed E-state index contributed by atoms with van der Waals surface area (Å²) in [4.78, 5) is 1.84. The van der Waals surface area contributed by atoms with Gasteiger partial charge in [0.25, 0.3) is 0 Å². The summed E-state index contributed by atoms with van der Waals surface area (Å²) in [6.45, 7) is 2.68. The number of hydrogen-bond acceptors (Lipinski definition) is 3. The van der Waals surface area contributed by atoms with E-state index in [2.05, 4.69) is 0 Å². The van der Waals surface area contributed by atoms with E-state index in [0.29, 0.717) is 18.8 Å². The number of nitrogens with two attached hydrogens (primary N) is 1. The fourth-order valence-corrected chi connectivity index (χ4v) is 2.43. The maximum atomic E-state index is 14.3. The molecule has 0 bridgehead atoms. The molecule has 0 heterocycles. The van der Waals surface area contributed by atoms with Gasteiger partial charge in [0.2, 0.25) is 0 Å². The molecule has 3 nitrogen and oxygen atoms in total. The lowest BCUT2D eigenvalue weighted by atomic mass is 10.0. The molecule has 0 aromatic heterocycles. The summed E-state index contributed by atoms with van der Waals surface area (Å²) in [6.07, 6.45) is 0. The van der Waals surface area contributed by atoms with Gasteiger partial charge in [-0.05, 0) is 24.1 Å². The van der Waals surface area contributed by atoms with E-state index in [1.807, 2.05) is 48.2 Å². The molecule has 0 unspecified atom stereocenters. The van der Waals surface area contributed by atoms with Gasteiger partial charge in [-0.2, -0.15) is 0 Å². The van der Waals surface area contributed by atoms with Crippen molar-refractivity contribution in [1.82, 2.24) is 0 Å². The Morgan fingerprint density at radius 1 is 1.14 bits per heavy atom. The van der Waals surface area contributed by atoms with Crippen molar-refractivity contribution < 1.29 is 9.50 Å². The van der Waals surface area contributed by atoms with Crippen LogP contribution in [-0.2, 0) is 6.54 Å². The molecule has 0 aliphatic carbocycles. The number of anilines is 1. The first-order valence-corrected chi connectivity index (χ1v) is 7.07. The highest BCUT2D eigenvalue weighted by atomic mass is 19.1. The first-order chi connectivity index (χ1) is 10.1. The number of halogens is 1. The van der Waals surface area contributed by atoms with Gasteiger partial charge in [0.05, 0.1) is 12.3 Å². The van der Waals surface area contributed by atoms with Crippen LogP contribution in [0, 0.1) is 5.82 Å². The van der Waals surface area contributed by atoms with Crippen LogP contribution >= 0.6 is 0 Å². The summed E-state index contributed by atoms with van der Waals surface area (Å²) in [5, 5.41) is 9.30. The van der Waals surface area contributed by atoms with Gasteiger partial charge in [0.15, 0.2) is 0 Å². The second kappa shape index (κ2) is 7.20. The van der Waals surface area contributed by atoms with Gasteiger partial charge in [0.1, 0.15) is 5.82 Å². The highest BCUT2D eigenvalue weighted by molar-refractivity contribution is 5.56. The van der Waals surface area contributed by atoms with Crippen LogP contribution < -0.4 is 10.6 Å². The minimum absolute atomic E-state index is 0.0421. The average Bonchev–Trinajstić information content (AvgIpc) is 2.47. The number of nitrogens with zero attached hydrogens (tertiary/aromatic N) is 1. The third-order valence-corrected chi connectivity index (χ3v) is 3.41. The summed E-state index contributed by atoms with van der Waals surface area (Å²) in [5.41, 5.74) is 8.24. The standard InChI is InChI=1S/C17H21FN2O/c1-13(19)15-8-5-9-16(18)17(15)20(10-11-21)12-14-6-3-2-4-7-14/h2-9,13,21H,10-12,19H2,1H3/t13-/m1/s1. The quantitative estimate of drug-likeness (QED) is 0.859. The zero-order valence-corrected chi connectivity index (χ0v) is 12.2. The predicted molar refractivity (Wildman–Crippen MR) is 83.6 cm³/mol. The first-order valence-electron chi connectivity index (χ1n) is 7.07. The minimum Gasteiger partial charge on any atom is -0.395 e. The summed E-state index contributed by atoms with van der Waals surface area (Å²) in [5.74, 6) is -0.311. The van der Waals surface area contributed by atoms with Gasteiger partial charge >= 0.3 is 0 Å². The van der Waals surface area contributed by atoms with Crippen molar-refractivity contribution in [3.8, 4) is 0 Å². The van der Waals surface area contributed by atoms with Crippen molar-refractivity contribution in [2.75, 3.05) is 18.1 Å². The molecule has 2 aromatic rings. The van der Waals surface area contributed by atoms with E-state index in [-0.39, 0.29) is 18.5 Å². The van der Waals surface area contributed by atoms with Crippen LogP contribution in [0.1, 0.15) is 24.1 Å². The molecule has 0 spiro atoms. The van der Waals surface area contributed by atoms with Gasteiger partial charge in [-0.1, -0.05) is 42.5 Å². The molecule has 0 saturated heterocycles. The summed E-state index contributed by atoms with van der Waals surface area (Å²) >= 11 is 0. The van der Waals surface area contributed by atoms with E-state index in [4.69, 9.17) is 5.73 Å². The van der Waals surface area contributed by atoms with Crippen LogP contribution in [0.25, 0.3) is 0 Å². The van der Waals surface area contributed by atoms with Crippen molar-refractivity contribution in [3.63, 3.8) is 0 Å². The van der Waals surface area contributed by atoms with Gasteiger partial charge in [-0.25, -0.2) is 4.39 Å². The summed E-state index contributed by atoms with van der Waals surface area (Å²) < 4.78 is 14.3. The number of hydrogen-bond donors (Lipinski definition) is 2. The number of benzene rings is 2. The fraction of sp³-hybridized carbons (Fsp3) is 0.294. The Balaban J connectivity index is 2.38. The van der Waals surface area contributed by atoms with E-state index in [1.165, 1.54) is 6.07 Å². The van der Waals surface area contributed by atoms with Crippen molar-refractivity contribution in [1.29, 1.82) is 0 Å². The topological polar surface area (TPSA) is 49.5 Å². The van der Waals surface area contributed by atoms with Gasteiger partial charge in [-0.3, -0.25) is 0 Å². The molecule has 0 aliphatic rings. The molecule has 0 saturated carbocycles. The van der Waals surface area contributed by atoms with Crippen LogP contribution in [0.3, 0.4) is 0 Å². The van der Waals surface area contributed by atoms with Crippen LogP contribution in [0.4, 0.5) is 10.1 Å². The van der Waals surface area contributed by atoms with E-state index in [9.17, 15) is 9.50 Å². The lowest BCUT2D eigenvalue weighted by molar-refractivity contribution is 0.301. The smallest absolute Gasteiger partial charge is 0.146 e. The molecule has 1 atom stereocenters. The van der Waals surface area contributed by atoms with Crippen LogP contribution in [-0.4, -0.2) is 18.3 Å². The van der Waals surface area contributed by atoms with Gasteiger partial charge < -0.3 is 15.7 Å². The molecule has 112 valence electrons. The number of para-hydroxylation sites is 1. The Morgan fingerprint density at radius 2 is 1.86 bits per heavy atom. The Morgan fingerprint density at radius 3 is 2.48 bits per heavy atom. The Bertz CT molecular complexity index is 572. The van der Waals surface area contributed by atoms with Crippen molar-refractivity contribution in [2.24, 2.45) is 5.73 Å². The molecule has 0 amide bonds. The van der Waals surface area contributed by atoms with Crippen LogP contribution in [0.5, 0.6) is 0 Å². The van der Waals surface area contributed by atoms with E-state index in [1.54, 1.807) is 6.07 Å². The molecule has 0 fully saturated rings. The normalized spacial score (nSPS) is 12.2. The number of aliphatic hydroxyl groups excluding tert-OH is 1. The van der Waals surface area contributed by atoms with E-state index < -0.39 is 0 Å². The molecule has 2 aromatic carbocycles. The van der Waals surface area contributed by atoms with Crippen LogP contribution in [0.15, 0.2) is 48.5 Å². The van der Waals surface area contributed by atoms with Crippen molar-refractivity contribution in [2.45, 2.75) is 19.5 Å². The third-order valence-electron chi connectivity index (χ3n) is 3.41. The Hall–Kier alpha value is -1.91. The van der Waals surface area contributed by atoms with Gasteiger partial charge in [-0.15, -0.1) is 0 Å². The van der Waals surface area contributed by atoms with Crippen molar-refractivity contribution in [3.05, 3.63) is 65.5 Å². The lowest BCUT2D eigenvalue weighted by Crippen LogP contribution is -2.29. The Kier molecular flexibility index (Phi) is 5.31. The van der Waals surface area contributed by atoms with Crippen molar-refractivity contribution >= 4 is 5.69 Å². The van der Waals surface area contributed by atoms with E-state index in [0.717, 1.165) is 11.1 Å². The molecular weight excluding hydrogens is 267 g/mol.